The summed E-state index contributed by atoms with van der Waals surface area (Å²) in [5.41, 5.74) is 9.79. The number of hydrogen-bond acceptors (Lipinski definition) is 14. The molecule has 2 atom stereocenters. The van der Waals surface area contributed by atoms with Crippen LogP contribution < -0.4 is 28.1 Å². The van der Waals surface area contributed by atoms with E-state index >= 15 is 0 Å². The maximum atomic E-state index is 13.1. The van der Waals surface area contributed by atoms with Crippen molar-refractivity contribution in [2.24, 2.45) is 5.73 Å². The van der Waals surface area contributed by atoms with E-state index in [0.29, 0.717) is 75.7 Å². The fourth-order valence-corrected chi connectivity index (χ4v) is 10.5. The van der Waals surface area contributed by atoms with Crippen molar-refractivity contribution in [3.8, 4) is 44.8 Å². The molecule has 10 rings (SSSR count). The molecule has 9 N–H and O–H groups in total. The lowest BCUT2D eigenvalue weighted by Gasteiger charge is -2.36. The Bertz CT molecular complexity index is 3640. The summed E-state index contributed by atoms with van der Waals surface area (Å²) < 4.78 is 13.4. The lowest BCUT2D eigenvalue weighted by Crippen LogP contribution is -2.43. The highest BCUT2D eigenvalue weighted by Crippen LogP contribution is 2.37. The number of piperidine rings is 2. The van der Waals surface area contributed by atoms with Gasteiger partial charge in [-0.05, 0) is 175 Å². The van der Waals surface area contributed by atoms with E-state index in [1.165, 1.54) is 0 Å². The van der Waals surface area contributed by atoms with Gasteiger partial charge in [0.1, 0.15) is 34.2 Å². The summed E-state index contributed by atoms with van der Waals surface area (Å²) in [4.78, 5) is 98.0. The number of halogens is 2. The molecule has 0 aliphatic carbocycles. The van der Waals surface area contributed by atoms with Crippen LogP contribution in [0.3, 0.4) is 0 Å². The van der Waals surface area contributed by atoms with Gasteiger partial charge in [0.15, 0.2) is 23.0 Å². The van der Waals surface area contributed by atoms with Gasteiger partial charge in [-0.25, -0.2) is 43.7 Å². The summed E-state index contributed by atoms with van der Waals surface area (Å²) in [6.07, 6.45) is 6.64. The number of anilines is 2. The number of carboxylic acid groups (broad SMARTS) is 1. The van der Waals surface area contributed by atoms with Gasteiger partial charge in [-0.3, -0.25) is 24.2 Å². The number of aromatic nitrogens is 6. The molecule has 2 aliphatic rings. The molecule has 0 saturated carbocycles. The number of nitrogen functional groups attached to an aromatic ring is 2. The molecule has 22 nitrogen and oxygen atoms in total. The van der Waals surface area contributed by atoms with Crippen LogP contribution in [0, 0.1) is 0 Å². The van der Waals surface area contributed by atoms with E-state index in [1.807, 2.05) is 36.4 Å². The van der Waals surface area contributed by atoms with Crippen molar-refractivity contribution in [2.45, 2.75) is 103 Å². The number of nitrogens with two attached hydrogens (primary N) is 3. The summed E-state index contributed by atoms with van der Waals surface area (Å²) in [6.45, 7) is 11.7. The lowest BCUT2D eigenvalue weighted by atomic mass is 10.0. The number of likely N-dealkylation sites (tertiary alicyclic amines) is 2. The number of rotatable bonds is 12. The maximum Gasteiger partial charge on any atom is 0.410 e. The van der Waals surface area contributed by atoms with E-state index in [-0.39, 0.29) is 34.5 Å². The third-order valence-corrected chi connectivity index (χ3v) is 14.9. The van der Waals surface area contributed by atoms with Gasteiger partial charge in [-0.1, -0.05) is 71.7 Å². The predicted octanol–water partition coefficient (Wildman–Crippen LogP) is 12.2. The predicted molar refractivity (Wildman–Crippen MR) is 335 cm³/mol. The van der Waals surface area contributed by atoms with Gasteiger partial charge in [0, 0.05) is 57.8 Å². The zero-order valence-electron chi connectivity index (χ0n) is 49.3. The number of carbonyl (C=O) groups excluding carboxylic acids is 5. The van der Waals surface area contributed by atoms with Crippen molar-refractivity contribution >= 4 is 70.7 Å². The average Bonchev–Trinajstić information content (AvgIpc) is 1.82. The van der Waals surface area contributed by atoms with Crippen molar-refractivity contribution in [2.75, 3.05) is 35.4 Å². The Morgan fingerprint density at radius 3 is 1.25 bits per heavy atom. The molecule has 4 aromatic heterocycles. The number of nitrogens with zero attached hydrogens (tertiary/aromatic N) is 8. The zero-order chi connectivity index (χ0) is 63.2. The smallest absolute Gasteiger partial charge is 0.410 e. The Kier molecular flexibility index (Phi) is 18.8. The maximum absolute atomic E-state index is 13.1. The van der Waals surface area contributed by atoms with Crippen LogP contribution in [0.2, 0.25) is 10.0 Å². The molecule has 456 valence electrons. The van der Waals surface area contributed by atoms with Crippen molar-refractivity contribution in [1.29, 1.82) is 0 Å². The summed E-state index contributed by atoms with van der Waals surface area (Å²) >= 11 is 12.0. The molecule has 0 unspecified atom stereocenters. The van der Waals surface area contributed by atoms with Crippen LogP contribution in [-0.2, 0) is 9.47 Å². The molecular weight excluding hydrogens is 1170 g/mol. The van der Waals surface area contributed by atoms with E-state index in [1.54, 1.807) is 149 Å². The minimum atomic E-state index is -1.27. The number of benzene rings is 4. The monoisotopic (exact) mass is 1230 g/mol. The summed E-state index contributed by atoms with van der Waals surface area (Å²) in [5.74, 6) is 11.2. The van der Waals surface area contributed by atoms with Crippen LogP contribution in [0.15, 0.2) is 134 Å². The number of aromatic carboxylic acids is 1. The first-order valence-electron chi connectivity index (χ1n) is 28.4. The third-order valence-electron chi connectivity index (χ3n) is 14.4. The Morgan fingerprint density at radius 1 is 0.523 bits per heavy atom. The second kappa shape index (κ2) is 26.4. The Hall–Kier alpha value is -9.80. The highest BCUT2D eigenvalue weighted by molar-refractivity contribution is 6.31. The highest BCUT2D eigenvalue weighted by atomic mass is 35.5. The second-order valence-electron chi connectivity index (χ2n) is 23.1. The normalized spacial score (nSPS) is 15.1. The van der Waals surface area contributed by atoms with E-state index in [0.717, 1.165) is 57.3 Å². The molecule has 88 heavy (non-hydrogen) atoms. The highest BCUT2D eigenvalue weighted by Gasteiger charge is 2.38. The van der Waals surface area contributed by atoms with Crippen LogP contribution >= 0.6 is 23.2 Å². The van der Waals surface area contributed by atoms with Crippen LogP contribution in [0.5, 0.6) is 0 Å². The lowest BCUT2D eigenvalue weighted by molar-refractivity contribution is 0.00723. The average molecular weight is 1230 g/mol. The second-order valence-corrected chi connectivity index (χ2v) is 23.9. The molecule has 4 aromatic carbocycles. The molecule has 6 heterocycles. The topological polar surface area (TPSA) is 311 Å². The Labute approximate surface area is 517 Å². The van der Waals surface area contributed by atoms with Gasteiger partial charge in [-0.2, -0.15) is 0 Å². The van der Waals surface area contributed by atoms with Crippen LogP contribution in [0.1, 0.15) is 145 Å². The van der Waals surface area contributed by atoms with E-state index in [4.69, 9.17) is 55.1 Å². The van der Waals surface area contributed by atoms with Crippen molar-refractivity contribution in [3.05, 3.63) is 178 Å². The number of pyridine rings is 2. The summed E-state index contributed by atoms with van der Waals surface area (Å²) in [5, 5.41) is 16.9. The van der Waals surface area contributed by atoms with E-state index in [9.17, 15) is 33.9 Å². The van der Waals surface area contributed by atoms with Crippen LogP contribution in [-0.4, -0.2) is 104 Å². The minimum Gasteiger partial charge on any atom is -0.476 e. The first kappa shape index (κ1) is 62.7. The van der Waals surface area contributed by atoms with Crippen molar-refractivity contribution in [1.82, 2.24) is 39.1 Å². The SMILES string of the molecule is CC(C)(C)OC(=O)N1CCCC[C@H]1c1nc(-c2ccc(C(=O)Nc3cc(-c4ccc(Cl)cc4)ccn3)cc2)c(C(=O)O)n1N.CC(C)(C)OC(=O)N1CCCC[C@H]1c1nc(-c2ccc(C(=O)Nc3cc(-c4ccc(Cl)cc4)ccn3)cc2)c(C(N)=O)n1N. The van der Waals surface area contributed by atoms with Crippen LogP contribution in [0.4, 0.5) is 21.2 Å². The Balaban J connectivity index is 0.000000209. The van der Waals surface area contributed by atoms with E-state index in [2.05, 4.69) is 25.6 Å². The molecule has 2 saturated heterocycles. The van der Waals surface area contributed by atoms with Gasteiger partial charge in [-0.15, -0.1) is 0 Å². The largest absolute Gasteiger partial charge is 0.476 e. The van der Waals surface area contributed by atoms with Crippen molar-refractivity contribution in [3.63, 3.8) is 0 Å². The van der Waals surface area contributed by atoms with Gasteiger partial charge >= 0.3 is 18.2 Å². The number of amides is 5. The Morgan fingerprint density at radius 2 is 0.886 bits per heavy atom. The zero-order valence-corrected chi connectivity index (χ0v) is 50.8. The molecule has 24 heteroatoms. The number of primary amides is 1. The number of hydrogen-bond donors (Lipinski definition) is 6. The van der Waals surface area contributed by atoms with Crippen molar-refractivity contribution < 1.29 is 43.3 Å². The van der Waals surface area contributed by atoms with Crippen LogP contribution in [0.25, 0.3) is 44.8 Å². The summed E-state index contributed by atoms with van der Waals surface area (Å²) in [6, 6.07) is 33.8. The molecule has 2 aliphatic heterocycles. The molecule has 0 bridgehead atoms. The number of carboxylic acids is 1. The molecule has 8 aromatic rings. The van der Waals surface area contributed by atoms with Gasteiger partial charge in [0.25, 0.3) is 17.7 Å². The standard InChI is InChI=1S/C32H34ClN7O4.C32H33ClN6O5/c1-32(2,3)44-31(43)39-17-5-4-6-24(39)29-38-26(27(28(34)41)40(29)35)20-7-9-21(10-8-20)30(42)37-25-18-22(15-16-36-25)19-11-13-23(33)14-12-19;1-32(2,3)44-31(43)38-17-5-4-6-24(38)28-37-26(27(30(41)42)39(28)34)20-7-9-21(10-8-20)29(40)36-25-18-22(15-16-35-25)19-11-13-23(33)14-12-19/h7-16,18,24H,4-6,17,35H2,1-3H3,(H2,34,41)(H,36,37,42);7-16,18,24H,4-6,17,34H2,1-3H3,(H,41,42)(H,35,36,40)/t2*24-/m00/s1. The molecule has 5 amide bonds. The number of carbonyl (C=O) groups is 6. The quantitative estimate of drug-likeness (QED) is 0.0620. The summed E-state index contributed by atoms with van der Waals surface area (Å²) in [7, 11) is 0. The first-order chi connectivity index (χ1) is 41.8. The molecule has 0 spiro atoms. The fraction of sp³-hybridized carbons (Fsp3) is 0.281. The molecule has 0 radical (unpaired) electrons. The minimum absolute atomic E-state index is 0.00451. The van der Waals surface area contributed by atoms with Gasteiger partial charge in [0.05, 0.1) is 12.1 Å². The fourth-order valence-electron chi connectivity index (χ4n) is 10.3. The molecular formula is C64H67Cl2N13O9. The van der Waals surface area contributed by atoms with E-state index < -0.39 is 53.3 Å². The number of ether oxygens (including phenoxy) is 2. The van der Waals surface area contributed by atoms with Gasteiger partial charge < -0.3 is 42.6 Å². The first-order valence-corrected chi connectivity index (χ1v) is 29.1. The number of imidazole rings is 2. The third kappa shape index (κ3) is 14.9. The molecule has 2 fully saturated rings. The van der Waals surface area contributed by atoms with Gasteiger partial charge in [0.2, 0.25) is 0 Å². The number of nitrogens with one attached hydrogen (secondary N) is 2.